The molecule has 172 valence electrons. The molecule has 0 radical (unpaired) electrons. The molecule has 0 saturated heterocycles. The number of carbonyl (C=O) groups is 1. The van der Waals surface area contributed by atoms with Gasteiger partial charge in [0.25, 0.3) is 5.91 Å². The molecule has 8 heteroatoms. The minimum atomic E-state index is -0.235. The first-order chi connectivity index (χ1) is 16.7. The molecule has 34 heavy (non-hydrogen) atoms. The van der Waals surface area contributed by atoms with E-state index in [0.29, 0.717) is 47.7 Å². The van der Waals surface area contributed by atoms with E-state index in [1.54, 1.807) is 30.6 Å². The summed E-state index contributed by atoms with van der Waals surface area (Å²) in [6.07, 6.45) is 5.81. The van der Waals surface area contributed by atoms with Gasteiger partial charge in [0.2, 0.25) is 0 Å². The van der Waals surface area contributed by atoms with Gasteiger partial charge < -0.3 is 14.8 Å². The SMILES string of the molecule is CCOc1cc(C(=O)Nc2ccc(-c3n[nH]c(C4CC4)n3)cc2)ccc1OCc1cccnc1. The highest BCUT2D eigenvalue weighted by atomic mass is 16.5. The van der Waals surface area contributed by atoms with Crippen molar-refractivity contribution in [2.75, 3.05) is 11.9 Å². The topological polar surface area (TPSA) is 102 Å². The number of pyridine rings is 1. The van der Waals surface area contributed by atoms with E-state index < -0.39 is 0 Å². The number of nitrogens with zero attached hydrogens (tertiary/aromatic N) is 3. The maximum absolute atomic E-state index is 12.9. The molecular weight excluding hydrogens is 430 g/mol. The van der Waals surface area contributed by atoms with Crippen LogP contribution >= 0.6 is 0 Å². The minimum Gasteiger partial charge on any atom is -0.490 e. The van der Waals surface area contributed by atoms with E-state index in [4.69, 9.17) is 9.47 Å². The normalized spacial score (nSPS) is 12.9. The van der Waals surface area contributed by atoms with Gasteiger partial charge in [-0.2, -0.15) is 5.10 Å². The standard InChI is InChI=1S/C26H25N5O3/c1-2-33-23-14-20(9-12-22(23)34-16-17-4-3-13-27-15-17)26(32)28-21-10-7-19(8-11-21)25-29-24(30-31-25)18-5-6-18/h3-4,7-15,18H,2,5-6,16H2,1H3,(H,28,32)(H,29,30,31). The Morgan fingerprint density at radius 2 is 1.94 bits per heavy atom. The lowest BCUT2D eigenvalue weighted by atomic mass is 10.1. The van der Waals surface area contributed by atoms with E-state index >= 15 is 0 Å². The maximum atomic E-state index is 12.9. The van der Waals surface area contributed by atoms with Crippen molar-refractivity contribution in [3.05, 3.63) is 83.9 Å². The molecule has 5 rings (SSSR count). The number of ether oxygens (including phenoxy) is 2. The first kappa shape index (κ1) is 21.6. The van der Waals surface area contributed by atoms with E-state index in [-0.39, 0.29) is 5.91 Å². The van der Waals surface area contributed by atoms with Gasteiger partial charge in [-0.1, -0.05) is 6.07 Å². The Hall–Kier alpha value is -4.20. The Balaban J connectivity index is 1.25. The summed E-state index contributed by atoms with van der Waals surface area (Å²) in [5.41, 5.74) is 3.00. The number of benzene rings is 2. The van der Waals surface area contributed by atoms with E-state index in [1.807, 2.05) is 43.3 Å². The number of carbonyl (C=O) groups excluding carboxylic acids is 1. The summed E-state index contributed by atoms with van der Waals surface area (Å²) in [6, 6.07) is 16.4. The first-order valence-corrected chi connectivity index (χ1v) is 11.3. The second-order valence-corrected chi connectivity index (χ2v) is 8.09. The van der Waals surface area contributed by atoms with Crippen LogP contribution in [0.5, 0.6) is 11.5 Å². The number of anilines is 1. The summed E-state index contributed by atoms with van der Waals surface area (Å²) < 4.78 is 11.6. The van der Waals surface area contributed by atoms with Crippen molar-refractivity contribution < 1.29 is 14.3 Å². The number of hydrogen-bond donors (Lipinski definition) is 2. The number of nitrogens with one attached hydrogen (secondary N) is 2. The Morgan fingerprint density at radius 1 is 1.09 bits per heavy atom. The lowest BCUT2D eigenvalue weighted by Gasteiger charge is -2.13. The average Bonchev–Trinajstić information content (AvgIpc) is 3.61. The van der Waals surface area contributed by atoms with Gasteiger partial charge in [0.05, 0.1) is 6.61 Å². The average molecular weight is 456 g/mol. The number of hydrogen-bond acceptors (Lipinski definition) is 6. The van der Waals surface area contributed by atoms with Crippen molar-refractivity contribution in [1.82, 2.24) is 20.2 Å². The minimum absolute atomic E-state index is 0.235. The van der Waals surface area contributed by atoms with Crippen LogP contribution in [0.2, 0.25) is 0 Å². The lowest BCUT2D eigenvalue weighted by molar-refractivity contribution is 0.102. The highest BCUT2D eigenvalue weighted by Gasteiger charge is 2.27. The fourth-order valence-electron chi connectivity index (χ4n) is 3.53. The van der Waals surface area contributed by atoms with Crippen LogP contribution in [0.1, 0.15) is 47.4 Å². The Morgan fingerprint density at radius 3 is 2.68 bits per heavy atom. The highest BCUT2D eigenvalue weighted by molar-refractivity contribution is 6.04. The molecule has 4 aromatic rings. The summed E-state index contributed by atoms with van der Waals surface area (Å²) in [6.45, 7) is 2.71. The molecular formula is C26H25N5O3. The molecule has 1 amide bonds. The third-order valence-corrected chi connectivity index (χ3v) is 5.49. The van der Waals surface area contributed by atoms with E-state index in [2.05, 4.69) is 25.5 Å². The molecule has 2 aromatic heterocycles. The zero-order valence-electron chi connectivity index (χ0n) is 18.8. The van der Waals surface area contributed by atoms with Gasteiger partial charge >= 0.3 is 0 Å². The quantitative estimate of drug-likeness (QED) is 0.369. The molecule has 1 fully saturated rings. The molecule has 1 saturated carbocycles. The molecule has 2 heterocycles. The van der Waals surface area contributed by atoms with Crippen molar-refractivity contribution in [2.24, 2.45) is 0 Å². The third kappa shape index (κ3) is 5.06. The van der Waals surface area contributed by atoms with E-state index in [9.17, 15) is 4.79 Å². The number of rotatable bonds is 9. The molecule has 8 nitrogen and oxygen atoms in total. The molecule has 2 N–H and O–H groups in total. The van der Waals surface area contributed by atoms with Crippen LogP contribution in [0.25, 0.3) is 11.4 Å². The van der Waals surface area contributed by atoms with Gasteiger partial charge in [0.1, 0.15) is 12.4 Å². The summed E-state index contributed by atoms with van der Waals surface area (Å²) >= 11 is 0. The summed E-state index contributed by atoms with van der Waals surface area (Å²) in [5.74, 6) is 3.00. The number of H-pyrrole nitrogens is 1. The van der Waals surface area contributed by atoms with Crippen molar-refractivity contribution in [2.45, 2.75) is 32.3 Å². The molecule has 0 atom stereocenters. The van der Waals surface area contributed by atoms with Gasteiger partial charge in [-0.25, -0.2) is 4.98 Å². The number of aromatic amines is 1. The fraction of sp³-hybridized carbons (Fsp3) is 0.231. The van der Waals surface area contributed by atoms with Gasteiger partial charge in [-0.15, -0.1) is 0 Å². The van der Waals surface area contributed by atoms with Crippen molar-refractivity contribution in [1.29, 1.82) is 0 Å². The molecule has 2 aromatic carbocycles. The van der Waals surface area contributed by atoms with Crippen LogP contribution in [0.4, 0.5) is 5.69 Å². The molecule has 0 aliphatic heterocycles. The smallest absolute Gasteiger partial charge is 0.255 e. The predicted molar refractivity (Wildman–Crippen MR) is 128 cm³/mol. The van der Waals surface area contributed by atoms with Gasteiger partial charge in [-0.05, 0) is 68.3 Å². The van der Waals surface area contributed by atoms with Crippen LogP contribution in [0, 0.1) is 0 Å². The number of aromatic nitrogens is 4. The zero-order chi connectivity index (χ0) is 23.3. The van der Waals surface area contributed by atoms with E-state index in [1.165, 1.54) is 12.8 Å². The van der Waals surface area contributed by atoms with Gasteiger partial charge in [0, 0.05) is 40.7 Å². The number of amides is 1. The summed E-state index contributed by atoms with van der Waals surface area (Å²) in [4.78, 5) is 21.5. The highest BCUT2D eigenvalue weighted by Crippen LogP contribution is 2.38. The Kier molecular flexibility index (Phi) is 6.20. The van der Waals surface area contributed by atoms with Crippen LogP contribution < -0.4 is 14.8 Å². The van der Waals surface area contributed by atoms with E-state index in [0.717, 1.165) is 17.0 Å². The predicted octanol–water partition coefficient (Wildman–Crippen LogP) is 4.97. The van der Waals surface area contributed by atoms with Gasteiger partial charge in [-0.3, -0.25) is 14.9 Å². The molecule has 1 aliphatic carbocycles. The first-order valence-electron chi connectivity index (χ1n) is 11.3. The van der Waals surface area contributed by atoms with Crippen molar-refractivity contribution >= 4 is 11.6 Å². The third-order valence-electron chi connectivity index (χ3n) is 5.49. The Labute approximate surface area is 197 Å². The molecule has 1 aliphatic rings. The molecule has 0 unspecified atom stereocenters. The summed E-state index contributed by atoms with van der Waals surface area (Å²) in [7, 11) is 0. The second-order valence-electron chi connectivity index (χ2n) is 8.09. The monoisotopic (exact) mass is 455 g/mol. The second kappa shape index (κ2) is 9.74. The van der Waals surface area contributed by atoms with Gasteiger partial charge in [0.15, 0.2) is 17.3 Å². The fourth-order valence-corrected chi connectivity index (χ4v) is 3.53. The van der Waals surface area contributed by atoms with Crippen molar-refractivity contribution in [3.63, 3.8) is 0 Å². The van der Waals surface area contributed by atoms with Crippen LogP contribution in [0.15, 0.2) is 67.0 Å². The molecule has 0 spiro atoms. The lowest BCUT2D eigenvalue weighted by Crippen LogP contribution is -2.12. The van der Waals surface area contributed by atoms with Crippen molar-refractivity contribution in [3.8, 4) is 22.9 Å². The Bertz CT molecular complexity index is 1270. The summed E-state index contributed by atoms with van der Waals surface area (Å²) in [5, 5.41) is 10.2. The van der Waals surface area contributed by atoms with Crippen LogP contribution in [-0.2, 0) is 6.61 Å². The van der Waals surface area contributed by atoms with Crippen LogP contribution in [0.3, 0.4) is 0 Å². The molecule has 0 bridgehead atoms. The maximum Gasteiger partial charge on any atom is 0.255 e. The zero-order valence-corrected chi connectivity index (χ0v) is 18.8. The largest absolute Gasteiger partial charge is 0.490 e. The van der Waals surface area contributed by atoms with Crippen LogP contribution in [-0.4, -0.2) is 32.7 Å².